The van der Waals surface area contributed by atoms with E-state index in [1.807, 2.05) is 12.1 Å². The SMILES string of the molecule is O=C(NC1CCCCCC1O)c1ccc2ncsc2c1. The summed E-state index contributed by atoms with van der Waals surface area (Å²) in [7, 11) is 0. The topological polar surface area (TPSA) is 62.2 Å². The van der Waals surface area contributed by atoms with Crippen LogP contribution in [0.3, 0.4) is 0 Å². The van der Waals surface area contributed by atoms with Crippen LogP contribution < -0.4 is 5.32 Å². The monoisotopic (exact) mass is 290 g/mol. The first-order chi connectivity index (χ1) is 9.74. The van der Waals surface area contributed by atoms with E-state index < -0.39 is 6.10 Å². The fraction of sp³-hybridized carbons (Fsp3) is 0.467. The van der Waals surface area contributed by atoms with Crippen molar-refractivity contribution in [1.82, 2.24) is 10.3 Å². The highest BCUT2D eigenvalue weighted by Gasteiger charge is 2.23. The van der Waals surface area contributed by atoms with Gasteiger partial charge < -0.3 is 10.4 Å². The van der Waals surface area contributed by atoms with Crippen LogP contribution in [0.25, 0.3) is 10.2 Å². The van der Waals surface area contributed by atoms with E-state index in [1.54, 1.807) is 11.6 Å². The second-order valence-electron chi connectivity index (χ2n) is 5.32. The molecule has 0 bridgehead atoms. The van der Waals surface area contributed by atoms with Crippen LogP contribution in [0.5, 0.6) is 0 Å². The molecule has 5 heteroatoms. The van der Waals surface area contributed by atoms with Crippen LogP contribution in [-0.4, -0.2) is 28.1 Å². The number of hydrogen-bond acceptors (Lipinski definition) is 4. The van der Waals surface area contributed by atoms with Gasteiger partial charge in [0.2, 0.25) is 0 Å². The summed E-state index contributed by atoms with van der Waals surface area (Å²) in [5.41, 5.74) is 3.33. The Labute approximate surface area is 121 Å². The number of fused-ring (bicyclic) bond motifs is 1. The summed E-state index contributed by atoms with van der Waals surface area (Å²) in [5.74, 6) is -0.105. The van der Waals surface area contributed by atoms with E-state index in [-0.39, 0.29) is 11.9 Å². The summed E-state index contributed by atoms with van der Waals surface area (Å²) in [6.07, 6.45) is 4.45. The molecule has 0 spiro atoms. The molecule has 2 unspecified atom stereocenters. The number of aromatic nitrogens is 1. The lowest BCUT2D eigenvalue weighted by atomic mass is 10.1. The second-order valence-corrected chi connectivity index (χ2v) is 6.21. The molecular weight excluding hydrogens is 272 g/mol. The average molecular weight is 290 g/mol. The minimum absolute atomic E-state index is 0.105. The lowest BCUT2D eigenvalue weighted by Gasteiger charge is -2.21. The highest BCUT2D eigenvalue weighted by atomic mass is 32.1. The standard InChI is InChI=1S/C15H18N2O2S/c18-13-5-3-1-2-4-11(13)17-15(19)10-6-7-12-14(8-10)20-9-16-12/h6-9,11,13,18H,1-5H2,(H,17,19). The van der Waals surface area contributed by atoms with Gasteiger partial charge in [-0.3, -0.25) is 4.79 Å². The molecule has 1 amide bonds. The predicted molar refractivity (Wildman–Crippen MR) is 80.0 cm³/mol. The number of amides is 1. The van der Waals surface area contributed by atoms with Crippen molar-refractivity contribution in [3.8, 4) is 0 Å². The van der Waals surface area contributed by atoms with Crippen molar-refractivity contribution in [3.05, 3.63) is 29.3 Å². The number of carbonyl (C=O) groups excluding carboxylic acids is 1. The lowest BCUT2D eigenvalue weighted by molar-refractivity contribution is 0.0819. The number of aliphatic hydroxyl groups excluding tert-OH is 1. The number of hydrogen-bond donors (Lipinski definition) is 2. The maximum absolute atomic E-state index is 12.3. The number of benzene rings is 1. The number of aliphatic hydroxyl groups is 1. The molecule has 0 saturated heterocycles. The van der Waals surface area contributed by atoms with Crippen LogP contribution in [0.4, 0.5) is 0 Å². The molecule has 0 aliphatic heterocycles. The third kappa shape index (κ3) is 2.83. The van der Waals surface area contributed by atoms with E-state index in [0.29, 0.717) is 5.56 Å². The van der Waals surface area contributed by atoms with E-state index in [2.05, 4.69) is 10.3 Å². The molecule has 20 heavy (non-hydrogen) atoms. The molecule has 1 aliphatic rings. The van der Waals surface area contributed by atoms with Gasteiger partial charge in [0, 0.05) is 5.56 Å². The van der Waals surface area contributed by atoms with Gasteiger partial charge in [-0.2, -0.15) is 0 Å². The minimum atomic E-state index is -0.423. The summed E-state index contributed by atoms with van der Waals surface area (Å²) >= 11 is 1.53. The maximum atomic E-state index is 12.3. The molecule has 1 aromatic carbocycles. The smallest absolute Gasteiger partial charge is 0.251 e. The van der Waals surface area contributed by atoms with Gasteiger partial charge >= 0.3 is 0 Å². The summed E-state index contributed by atoms with van der Waals surface area (Å²) in [6, 6.07) is 5.40. The summed E-state index contributed by atoms with van der Waals surface area (Å²) in [4.78, 5) is 16.5. The Morgan fingerprint density at radius 1 is 1.30 bits per heavy atom. The van der Waals surface area contributed by atoms with Gasteiger partial charge in [0.05, 0.1) is 27.9 Å². The molecule has 2 aromatic rings. The number of thiazole rings is 1. The first-order valence-electron chi connectivity index (χ1n) is 7.06. The first-order valence-corrected chi connectivity index (χ1v) is 7.94. The Bertz CT molecular complexity index is 611. The Hall–Kier alpha value is -1.46. The lowest BCUT2D eigenvalue weighted by Crippen LogP contribution is -2.42. The zero-order valence-electron chi connectivity index (χ0n) is 11.2. The largest absolute Gasteiger partial charge is 0.391 e. The van der Waals surface area contributed by atoms with Gasteiger partial charge in [-0.15, -0.1) is 11.3 Å². The molecule has 1 aromatic heterocycles. The number of nitrogens with one attached hydrogen (secondary N) is 1. The molecule has 1 fully saturated rings. The van der Waals surface area contributed by atoms with E-state index in [0.717, 1.165) is 42.3 Å². The van der Waals surface area contributed by atoms with Crippen molar-refractivity contribution < 1.29 is 9.90 Å². The van der Waals surface area contributed by atoms with Crippen molar-refractivity contribution in [2.45, 2.75) is 44.2 Å². The molecule has 4 nitrogen and oxygen atoms in total. The van der Waals surface area contributed by atoms with Crippen molar-refractivity contribution in [3.63, 3.8) is 0 Å². The van der Waals surface area contributed by atoms with Crippen LogP contribution in [0.15, 0.2) is 23.7 Å². The summed E-state index contributed by atoms with van der Waals surface area (Å²) in [6.45, 7) is 0. The van der Waals surface area contributed by atoms with Gasteiger partial charge in [0.15, 0.2) is 0 Å². The van der Waals surface area contributed by atoms with Crippen LogP contribution in [0.1, 0.15) is 42.5 Å². The molecule has 1 aliphatic carbocycles. The average Bonchev–Trinajstić information content (AvgIpc) is 2.83. The summed E-state index contributed by atoms with van der Waals surface area (Å²) in [5, 5.41) is 13.0. The van der Waals surface area contributed by atoms with Gasteiger partial charge in [0.25, 0.3) is 5.91 Å². The molecule has 2 atom stereocenters. The Morgan fingerprint density at radius 3 is 3.05 bits per heavy atom. The van der Waals surface area contributed by atoms with Crippen LogP contribution >= 0.6 is 11.3 Å². The number of nitrogens with zero attached hydrogens (tertiary/aromatic N) is 1. The Kier molecular flexibility index (Phi) is 3.98. The third-order valence-electron chi connectivity index (χ3n) is 3.89. The molecule has 0 radical (unpaired) electrons. The highest BCUT2D eigenvalue weighted by Crippen LogP contribution is 2.21. The van der Waals surface area contributed by atoms with E-state index in [4.69, 9.17) is 0 Å². The van der Waals surface area contributed by atoms with Gasteiger partial charge in [-0.25, -0.2) is 4.98 Å². The van der Waals surface area contributed by atoms with Gasteiger partial charge in [0.1, 0.15) is 0 Å². The first kappa shape index (κ1) is 13.5. The zero-order chi connectivity index (χ0) is 13.9. The fourth-order valence-electron chi connectivity index (χ4n) is 2.70. The predicted octanol–water partition coefficient (Wildman–Crippen LogP) is 2.72. The van der Waals surface area contributed by atoms with Crippen LogP contribution in [0, 0.1) is 0 Å². The molecule has 106 valence electrons. The number of carbonyl (C=O) groups is 1. The molecule has 3 rings (SSSR count). The second kappa shape index (κ2) is 5.89. The van der Waals surface area contributed by atoms with Crippen molar-refractivity contribution in [1.29, 1.82) is 0 Å². The van der Waals surface area contributed by atoms with Crippen molar-refractivity contribution in [2.75, 3.05) is 0 Å². The van der Waals surface area contributed by atoms with E-state index >= 15 is 0 Å². The molecule has 2 N–H and O–H groups in total. The molecule has 1 saturated carbocycles. The third-order valence-corrected chi connectivity index (χ3v) is 4.68. The van der Waals surface area contributed by atoms with E-state index in [1.165, 1.54) is 11.3 Å². The number of rotatable bonds is 2. The molecule has 1 heterocycles. The van der Waals surface area contributed by atoms with E-state index in [9.17, 15) is 9.90 Å². The zero-order valence-corrected chi connectivity index (χ0v) is 12.0. The quantitative estimate of drug-likeness (QED) is 0.836. The van der Waals surface area contributed by atoms with Gasteiger partial charge in [-0.05, 0) is 31.0 Å². The van der Waals surface area contributed by atoms with Crippen molar-refractivity contribution >= 4 is 27.5 Å². The normalized spacial score (nSPS) is 23.4. The Balaban J connectivity index is 1.74. The fourth-order valence-corrected chi connectivity index (χ4v) is 3.42. The summed E-state index contributed by atoms with van der Waals surface area (Å²) < 4.78 is 1.01. The van der Waals surface area contributed by atoms with Crippen LogP contribution in [-0.2, 0) is 0 Å². The minimum Gasteiger partial charge on any atom is -0.391 e. The Morgan fingerprint density at radius 2 is 2.15 bits per heavy atom. The maximum Gasteiger partial charge on any atom is 0.251 e. The molecular formula is C15H18N2O2S. The van der Waals surface area contributed by atoms with Gasteiger partial charge in [-0.1, -0.05) is 19.3 Å². The van der Waals surface area contributed by atoms with Crippen LogP contribution in [0.2, 0.25) is 0 Å². The highest BCUT2D eigenvalue weighted by molar-refractivity contribution is 7.16. The van der Waals surface area contributed by atoms with Crippen molar-refractivity contribution in [2.24, 2.45) is 0 Å².